The van der Waals surface area contributed by atoms with E-state index in [0.29, 0.717) is 22.2 Å². The normalized spacial score (nSPS) is 15.3. The summed E-state index contributed by atoms with van der Waals surface area (Å²) in [5, 5.41) is 5.03. The topological polar surface area (TPSA) is 92.8 Å². The maximum atomic E-state index is 11.9. The summed E-state index contributed by atoms with van der Waals surface area (Å²) in [6.07, 6.45) is 9.56. The molecule has 0 unspecified atom stereocenters. The van der Waals surface area contributed by atoms with Crippen molar-refractivity contribution in [3.63, 3.8) is 0 Å². The second kappa shape index (κ2) is 6.09. The van der Waals surface area contributed by atoms with Crippen LogP contribution in [0.2, 0.25) is 0 Å². The Kier molecular flexibility index (Phi) is 3.78. The summed E-state index contributed by atoms with van der Waals surface area (Å²) in [6, 6.07) is 3.00. The van der Waals surface area contributed by atoms with Crippen molar-refractivity contribution in [1.29, 1.82) is 0 Å². The molecule has 7 heteroatoms. The number of likely N-dealkylation sites (tertiary alicyclic amines) is 1. The van der Waals surface area contributed by atoms with Crippen LogP contribution in [0, 0.1) is 6.07 Å². The average molecular weight is 323 g/mol. The quantitative estimate of drug-likeness (QED) is 0.742. The highest BCUT2D eigenvalue weighted by molar-refractivity contribution is 6.10. The molecule has 0 atom stereocenters. The van der Waals surface area contributed by atoms with Crippen molar-refractivity contribution in [2.75, 3.05) is 19.6 Å². The predicted molar refractivity (Wildman–Crippen MR) is 90.3 cm³/mol. The van der Waals surface area contributed by atoms with Crippen LogP contribution in [0.15, 0.2) is 24.8 Å². The van der Waals surface area contributed by atoms with Gasteiger partial charge in [-0.2, -0.15) is 5.10 Å². The van der Waals surface area contributed by atoms with Crippen LogP contribution < -0.4 is 5.73 Å². The van der Waals surface area contributed by atoms with Crippen LogP contribution in [0.25, 0.3) is 22.2 Å². The van der Waals surface area contributed by atoms with Crippen LogP contribution in [0.1, 0.15) is 23.2 Å². The first-order valence-corrected chi connectivity index (χ1v) is 8.15. The van der Waals surface area contributed by atoms with E-state index in [4.69, 9.17) is 5.73 Å². The van der Waals surface area contributed by atoms with Crippen LogP contribution in [0.5, 0.6) is 0 Å². The van der Waals surface area contributed by atoms with Gasteiger partial charge in [-0.3, -0.25) is 9.48 Å². The number of H-pyrrole nitrogens is 1. The Morgan fingerprint density at radius 3 is 2.92 bits per heavy atom. The Hall–Kier alpha value is -2.67. The highest BCUT2D eigenvalue weighted by Crippen LogP contribution is 2.27. The van der Waals surface area contributed by atoms with Gasteiger partial charge in [0.25, 0.3) is 0 Å². The summed E-state index contributed by atoms with van der Waals surface area (Å²) in [4.78, 5) is 21.7. The van der Waals surface area contributed by atoms with E-state index >= 15 is 0 Å². The number of primary amides is 1. The van der Waals surface area contributed by atoms with Gasteiger partial charge in [0.2, 0.25) is 5.91 Å². The Morgan fingerprint density at radius 2 is 2.12 bits per heavy atom. The molecule has 4 rings (SSSR count). The number of rotatable bonds is 5. The largest absolute Gasteiger partial charge is 0.366 e. The summed E-state index contributed by atoms with van der Waals surface area (Å²) < 4.78 is 1.91. The lowest BCUT2D eigenvalue weighted by Crippen LogP contribution is -2.24. The number of hydrogen-bond acceptors (Lipinski definition) is 4. The zero-order valence-electron chi connectivity index (χ0n) is 13.3. The molecule has 0 aliphatic carbocycles. The van der Waals surface area contributed by atoms with E-state index in [0.717, 1.165) is 18.7 Å². The van der Waals surface area contributed by atoms with Crippen LogP contribution in [0.3, 0.4) is 0 Å². The van der Waals surface area contributed by atoms with Gasteiger partial charge in [-0.25, -0.2) is 4.98 Å². The first kappa shape index (κ1) is 14.9. The number of carbonyl (C=O) groups is 1. The molecule has 0 bridgehead atoms. The van der Waals surface area contributed by atoms with Crippen molar-refractivity contribution < 1.29 is 4.79 Å². The van der Waals surface area contributed by atoms with Gasteiger partial charge in [-0.05, 0) is 25.9 Å². The highest BCUT2D eigenvalue weighted by atomic mass is 16.1. The average Bonchev–Trinajstić information content (AvgIpc) is 3.31. The molecule has 4 heterocycles. The van der Waals surface area contributed by atoms with Gasteiger partial charge in [0.05, 0.1) is 18.3 Å². The number of pyridine rings is 1. The molecule has 0 aromatic carbocycles. The number of nitrogens with one attached hydrogen (secondary N) is 1. The molecular weight excluding hydrogens is 304 g/mol. The number of nitrogens with zero attached hydrogens (tertiary/aromatic N) is 4. The Morgan fingerprint density at radius 1 is 1.29 bits per heavy atom. The highest BCUT2D eigenvalue weighted by Gasteiger charge is 2.17. The molecule has 1 aliphatic rings. The van der Waals surface area contributed by atoms with E-state index in [1.807, 2.05) is 10.9 Å². The van der Waals surface area contributed by atoms with Gasteiger partial charge in [-0.15, -0.1) is 0 Å². The fraction of sp³-hybridized carbons (Fsp3) is 0.353. The lowest BCUT2D eigenvalue weighted by Gasteiger charge is -2.13. The third-order valence-electron chi connectivity index (χ3n) is 4.54. The molecule has 0 spiro atoms. The van der Waals surface area contributed by atoms with Gasteiger partial charge < -0.3 is 15.6 Å². The first-order chi connectivity index (χ1) is 11.7. The number of hydrogen-bond donors (Lipinski definition) is 2. The van der Waals surface area contributed by atoms with Crippen molar-refractivity contribution in [1.82, 2.24) is 24.6 Å². The third-order valence-corrected chi connectivity index (χ3v) is 4.54. The van der Waals surface area contributed by atoms with Crippen molar-refractivity contribution in [3.05, 3.63) is 36.4 Å². The molecule has 1 amide bonds. The summed E-state index contributed by atoms with van der Waals surface area (Å²) in [5.74, 6) is -0.488. The van der Waals surface area contributed by atoms with Gasteiger partial charge in [-0.1, -0.05) is 0 Å². The fourth-order valence-electron chi connectivity index (χ4n) is 3.29. The molecular formula is C17H19N6O. The molecule has 1 fully saturated rings. The van der Waals surface area contributed by atoms with E-state index in [1.54, 1.807) is 18.6 Å². The van der Waals surface area contributed by atoms with Crippen molar-refractivity contribution in [2.45, 2.75) is 19.4 Å². The van der Waals surface area contributed by atoms with Crippen LogP contribution in [-0.2, 0) is 6.54 Å². The number of fused-ring (bicyclic) bond motifs is 1. The molecule has 3 aromatic heterocycles. The first-order valence-electron chi connectivity index (χ1n) is 8.15. The molecule has 3 N–H and O–H groups in total. The number of aromatic nitrogens is 4. The molecule has 1 saturated heterocycles. The van der Waals surface area contributed by atoms with Crippen LogP contribution in [-0.4, -0.2) is 50.2 Å². The van der Waals surface area contributed by atoms with Crippen molar-refractivity contribution in [2.24, 2.45) is 5.73 Å². The Bertz CT molecular complexity index is 874. The summed E-state index contributed by atoms with van der Waals surface area (Å²) >= 11 is 0. The van der Waals surface area contributed by atoms with Crippen molar-refractivity contribution in [3.8, 4) is 11.1 Å². The lowest BCUT2D eigenvalue weighted by atomic mass is 10.0. The zero-order chi connectivity index (χ0) is 16.5. The van der Waals surface area contributed by atoms with Gasteiger partial charge in [0.1, 0.15) is 5.65 Å². The maximum Gasteiger partial charge on any atom is 0.250 e. The van der Waals surface area contributed by atoms with Gasteiger partial charge in [0.15, 0.2) is 0 Å². The van der Waals surface area contributed by atoms with E-state index in [1.165, 1.54) is 25.9 Å². The number of aromatic amines is 1. The van der Waals surface area contributed by atoms with E-state index < -0.39 is 5.91 Å². The fourth-order valence-corrected chi connectivity index (χ4v) is 3.29. The zero-order valence-corrected chi connectivity index (χ0v) is 13.3. The number of amides is 1. The lowest BCUT2D eigenvalue weighted by molar-refractivity contribution is 0.100. The third kappa shape index (κ3) is 2.67. The molecule has 0 saturated carbocycles. The minimum absolute atomic E-state index is 0.431. The van der Waals surface area contributed by atoms with Crippen LogP contribution >= 0.6 is 0 Å². The molecule has 3 aromatic rings. The number of carbonyl (C=O) groups excluding carboxylic acids is 1. The van der Waals surface area contributed by atoms with Gasteiger partial charge in [0, 0.05) is 47.7 Å². The molecule has 7 nitrogen and oxygen atoms in total. The van der Waals surface area contributed by atoms with E-state index in [-0.39, 0.29) is 0 Å². The second-order valence-corrected chi connectivity index (χ2v) is 6.11. The Balaban J connectivity index is 1.62. The molecule has 1 radical (unpaired) electrons. The van der Waals surface area contributed by atoms with E-state index in [9.17, 15) is 4.79 Å². The second-order valence-electron chi connectivity index (χ2n) is 6.11. The molecule has 1 aliphatic heterocycles. The molecule has 24 heavy (non-hydrogen) atoms. The predicted octanol–water partition coefficient (Wildman–Crippen LogP) is 1.42. The van der Waals surface area contributed by atoms with E-state index in [2.05, 4.69) is 26.0 Å². The van der Waals surface area contributed by atoms with Crippen LogP contribution in [0.4, 0.5) is 0 Å². The molecule has 123 valence electrons. The minimum atomic E-state index is -0.488. The minimum Gasteiger partial charge on any atom is -0.366 e. The number of nitrogens with two attached hydrogens (primary N) is 1. The monoisotopic (exact) mass is 323 g/mol. The summed E-state index contributed by atoms with van der Waals surface area (Å²) in [7, 11) is 0. The maximum absolute atomic E-state index is 11.9. The van der Waals surface area contributed by atoms with Crippen molar-refractivity contribution >= 4 is 16.9 Å². The SMILES string of the molecule is NC(=O)c1c(-c2cnn(CCN3CCCC3)c2)cnc2[nH]c[c]c12. The summed E-state index contributed by atoms with van der Waals surface area (Å²) in [5.41, 5.74) is 8.16. The smallest absolute Gasteiger partial charge is 0.250 e. The van der Waals surface area contributed by atoms with Gasteiger partial charge >= 0.3 is 0 Å². The summed E-state index contributed by atoms with van der Waals surface area (Å²) in [6.45, 7) is 4.16. The standard InChI is InChI=1S/C17H19N6O/c18-16(24)15-13-3-4-19-17(13)20-10-14(15)12-9-21-23(11-12)8-7-22-5-1-2-6-22/h4,9-11H,1-2,5-8H2,(H2,18,24)(H,19,20). The Labute approximate surface area is 139 Å².